The van der Waals surface area contributed by atoms with Crippen LogP contribution in [0.15, 0.2) is 58.2 Å². The summed E-state index contributed by atoms with van der Waals surface area (Å²) in [6.07, 6.45) is 2.12. The van der Waals surface area contributed by atoms with Crippen LogP contribution in [0.25, 0.3) is 22.5 Å². The minimum absolute atomic E-state index is 0.00425. The van der Waals surface area contributed by atoms with Crippen LogP contribution in [0.4, 0.5) is 29.5 Å². The molecule has 2 fully saturated rings. The van der Waals surface area contributed by atoms with E-state index < -0.39 is 54.0 Å². The summed E-state index contributed by atoms with van der Waals surface area (Å²) in [5, 5.41) is 9.27. The van der Waals surface area contributed by atoms with Crippen LogP contribution < -0.4 is 27.0 Å². The van der Waals surface area contributed by atoms with E-state index in [1.165, 1.54) is 42.2 Å². The van der Waals surface area contributed by atoms with Crippen LogP contribution >= 0.6 is 0 Å². The minimum Gasteiger partial charge on any atom is -0.444 e. The lowest BCUT2D eigenvalue weighted by molar-refractivity contribution is -0.136. The molecule has 380 valence electrons. The molecule has 1 saturated carbocycles. The van der Waals surface area contributed by atoms with Crippen molar-refractivity contribution in [2.45, 2.75) is 102 Å². The number of nitrogens with zero attached hydrogens (tertiary/aromatic N) is 8. The fourth-order valence-corrected chi connectivity index (χ4v) is 8.81. The molecular weight excluding hydrogens is 936 g/mol. The molecule has 5 heterocycles. The smallest absolute Gasteiger partial charge is 0.416 e. The Kier molecular flexibility index (Phi) is 15.5. The van der Waals surface area contributed by atoms with Crippen molar-refractivity contribution in [3.8, 4) is 11.5 Å². The van der Waals surface area contributed by atoms with Gasteiger partial charge >= 0.3 is 18.0 Å². The number of fused-ring (bicyclic) bond motifs is 1. The molecule has 4 aromatic heterocycles. The number of anilines is 2. The number of imidazole rings is 1. The van der Waals surface area contributed by atoms with Crippen LogP contribution in [0, 0.1) is 5.92 Å². The molecule has 4 N–H and O–H groups in total. The quantitative estimate of drug-likeness (QED) is 0.0775. The van der Waals surface area contributed by atoms with Gasteiger partial charge in [0.25, 0.3) is 11.8 Å². The van der Waals surface area contributed by atoms with Gasteiger partial charge in [-0.15, -0.1) is 0 Å². The lowest BCUT2D eigenvalue weighted by Crippen LogP contribution is -2.44. The maximum absolute atomic E-state index is 13.5. The van der Waals surface area contributed by atoms with Crippen LogP contribution in [-0.4, -0.2) is 115 Å². The topological polar surface area (TPSA) is 261 Å². The lowest BCUT2D eigenvalue weighted by Gasteiger charge is -2.30. The van der Waals surface area contributed by atoms with Crippen LogP contribution in [-0.2, 0) is 37.3 Å². The molecule has 1 aromatic carbocycles. The highest BCUT2D eigenvalue weighted by atomic mass is 19.4. The van der Waals surface area contributed by atoms with Crippen molar-refractivity contribution in [3.63, 3.8) is 0 Å². The first-order valence-electron chi connectivity index (χ1n) is 23.1. The number of halogens is 3. The number of nitrogens with one attached hydrogen (secondary N) is 2. The fourth-order valence-electron chi connectivity index (χ4n) is 8.81. The Hall–Kier alpha value is -7.37. The molecule has 6 amide bonds. The number of hydrogen-bond donors (Lipinski definition) is 3. The first kappa shape index (κ1) is 51.5. The summed E-state index contributed by atoms with van der Waals surface area (Å²) in [4.78, 5) is 99.6. The second-order valence-corrected chi connectivity index (χ2v) is 18.6. The average Bonchev–Trinajstić information content (AvgIpc) is 4.04. The van der Waals surface area contributed by atoms with E-state index >= 15 is 0 Å². The normalized spacial score (nSPS) is 17.5. The Bertz CT molecular complexity index is 2870. The molecule has 21 nitrogen and oxygen atoms in total. The first-order chi connectivity index (χ1) is 33.6. The Labute approximate surface area is 404 Å². The summed E-state index contributed by atoms with van der Waals surface area (Å²) in [6.45, 7) is 4.22. The number of aryl methyl sites for hydroxylation is 2. The Balaban J connectivity index is 0.870. The van der Waals surface area contributed by atoms with E-state index in [1.807, 2.05) is 12.1 Å². The molecule has 0 bridgehead atoms. The van der Waals surface area contributed by atoms with Gasteiger partial charge in [0.05, 0.1) is 22.8 Å². The molecule has 1 aliphatic heterocycles. The van der Waals surface area contributed by atoms with Crippen molar-refractivity contribution in [3.05, 3.63) is 76.4 Å². The predicted octanol–water partition coefficient (Wildman–Crippen LogP) is 5.45. The number of nitrogens with two attached hydrogens (primary N) is 1. The number of para-hydroxylation sites is 1. The number of aromatic nitrogens is 6. The summed E-state index contributed by atoms with van der Waals surface area (Å²) >= 11 is 0. The maximum atomic E-state index is 13.5. The van der Waals surface area contributed by atoms with Gasteiger partial charge in [0, 0.05) is 64.1 Å². The third-order valence-electron chi connectivity index (χ3n) is 12.2. The summed E-state index contributed by atoms with van der Waals surface area (Å²) in [7, 11) is 3.43. The maximum Gasteiger partial charge on any atom is 0.416 e. The number of amides is 6. The van der Waals surface area contributed by atoms with Crippen LogP contribution in [0.5, 0.6) is 0 Å². The fraction of sp³-hybridized carbons (Fsp3) is 0.489. The standard InChI is InChI=1S/C47H56F3N11O10/c1-46(2,3)71-45(68)59(26-47(48,49)50)35-23-29(18-19-52-35)42-54-32(25-70-42)40(64)53-31-24-60(56-37(31)39(51)63)30-14-12-28(13-15-30)43(66)57(4)20-8-22-69-21-7-10-27-9-6-11-33-38(27)58(5)44(67)61(33)34-16-17-36(62)55-41(34)65/h6,9,11,18-19,23-25,28,30,34H,7-8,10,12-17,20-22,26H2,1-5H3,(H2,51,63)(H,53,64)(H,55,62,65)/t28-,30-,34?. The predicted molar refractivity (Wildman–Crippen MR) is 249 cm³/mol. The van der Waals surface area contributed by atoms with Crippen LogP contribution in [0.1, 0.15) is 111 Å². The van der Waals surface area contributed by atoms with E-state index in [9.17, 15) is 46.7 Å². The van der Waals surface area contributed by atoms with E-state index in [1.54, 1.807) is 29.7 Å². The molecule has 24 heteroatoms. The van der Waals surface area contributed by atoms with Gasteiger partial charge in [0.15, 0.2) is 11.4 Å². The summed E-state index contributed by atoms with van der Waals surface area (Å²) in [5.74, 6) is -3.35. The van der Waals surface area contributed by atoms with Crippen molar-refractivity contribution in [1.29, 1.82) is 0 Å². The molecule has 71 heavy (non-hydrogen) atoms. The molecule has 5 aromatic rings. The largest absolute Gasteiger partial charge is 0.444 e. The van der Waals surface area contributed by atoms with Crippen molar-refractivity contribution in [1.82, 2.24) is 39.1 Å². The Morgan fingerprint density at radius 1 is 1.01 bits per heavy atom. The third-order valence-corrected chi connectivity index (χ3v) is 12.2. The van der Waals surface area contributed by atoms with Gasteiger partial charge in [-0.05, 0) is 95.9 Å². The molecule has 0 radical (unpaired) electrons. The van der Waals surface area contributed by atoms with Crippen molar-refractivity contribution < 1.29 is 55.8 Å². The highest BCUT2D eigenvalue weighted by Gasteiger charge is 2.37. The van der Waals surface area contributed by atoms with E-state index in [0.29, 0.717) is 75.1 Å². The van der Waals surface area contributed by atoms with Crippen LogP contribution in [0.3, 0.4) is 0 Å². The van der Waals surface area contributed by atoms with E-state index in [2.05, 4.69) is 25.7 Å². The zero-order chi connectivity index (χ0) is 51.4. The minimum atomic E-state index is -4.79. The number of pyridine rings is 1. The number of carbonyl (C=O) groups excluding carboxylic acids is 6. The monoisotopic (exact) mass is 991 g/mol. The number of imide groups is 1. The summed E-state index contributed by atoms with van der Waals surface area (Å²) in [6, 6.07) is 7.12. The van der Waals surface area contributed by atoms with Crippen molar-refractivity contribution >= 4 is 58.2 Å². The Morgan fingerprint density at radius 2 is 1.75 bits per heavy atom. The molecule has 2 aliphatic rings. The second kappa shape index (κ2) is 21.3. The van der Waals surface area contributed by atoms with Gasteiger partial charge in [-0.3, -0.25) is 48.0 Å². The van der Waals surface area contributed by atoms with Gasteiger partial charge in [0.1, 0.15) is 30.3 Å². The zero-order valence-electron chi connectivity index (χ0n) is 39.9. The number of piperidine rings is 1. The number of carbonyl (C=O) groups is 6. The molecule has 1 unspecified atom stereocenters. The molecule has 1 atom stereocenters. The van der Waals surface area contributed by atoms with Gasteiger partial charge in [-0.25, -0.2) is 19.6 Å². The SMILES string of the molecule is CN(CCCOCCCc1cccc2c1n(C)c(=O)n2C1CCC(=O)NC1=O)C(=O)[C@H]1CC[C@H](n2cc(NC(=O)c3coc(-c4ccnc(N(CC(F)(F)F)C(=O)OC(C)(C)C)c4)n3)c(C(N)=O)n2)CC1. The summed E-state index contributed by atoms with van der Waals surface area (Å²) < 4.78 is 61.6. The van der Waals surface area contributed by atoms with Gasteiger partial charge in [-0.1, -0.05) is 12.1 Å². The highest BCUT2D eigenvalue weighted by Crippen LogP contribution is 2.35. The van der Waals surface area contributed by atoms with E-state index in [-0.39, 0.29) is 70.8 Å². The lowest BCUT2D eigenvalue weighted by atomic mass is 9.85. The Morgan fingerprint density at radius 3 is 2.44 bits per heavy atom. The number of hydrogen-bond acceptors (Lipinski definition) is 13. The molecular formula is C47H56F3N11O10. The van der Waals surface area contributed by atoms with E-state index in [4.69, 9.17) is 19.6 Å². The zero-order valence-corrected chi connectivity index (χ0v) is 39.9. The van der Waals surface area contributed by atoms with Gasteiger partial charge < -0.3 is 29.8 Å². The number of oxazole rings is 1. The van der Waals surface area contributed by atoms with Gasteiger partial charge in [0.2, 0.25) is 23.6 Å². The number of rotatable bonds is 17. The molecule has 7 rings (SSSR count). The molecule has 1 saturated heterocycles. The number of benzene rings is 1. The van der Waals surface area contributed by atoms with Crippen molar-refractivity contribution in [2.24, 2.45) is 18.7 Å². The molecule has 1 aliphatic carbocycles. The van der Waals surface area contributed by atoms with Gasteiger partial charge in [-0.2, -0.15) is 18.3 Å². The third kappa shape index (κ3) is 12.3. The summed E-state index contributed by atoms with van der Waals surface area (Å²) in [5.41, 5.74) is 6.16. The average molecular weight is 992 g/mol. The van der Waals surface area contributed by atoms with Crippen LogP contribution in [0.2, 0.25) is 0 Å². The highest BCUT2D eigenvalue weighted by molar-refractivity contribution is 6.07. The number of primary amides is 1. The van der Waals surface area contributed by atoms with E-state index in [0.717, 1.165) is 29.6 Å². The number of alkyl halides is 3. The van der Waals surface area contributed by atoms with Crippen molar-refractivity contribution in [2.75, 3.05) is 43.6 Å². The number of ether oxygens (including phenoxy) is 2. The second-order valence-electron chi connectivity index (χ2n) is 18.6. The first-order valence-corrected chi connectivity index (χ1v) is 23.1. The molecule has 0 spiro atoms.